The summed E-state index contributed by atoms with van der Waals surface area (Å²) in [5.74, 6) is -0.838. The molecule has 0 unspecified atom stereocenters. The molecule has 0 bridgehead atoms. The van der Waals surface area contributed by atoms with E-state index < -0.39 is 11.1 Å². The lowest BCUT2D eigenvalue weighted by Crippen LogP contribution is -2.22. The third kappa shape index (κ3) is 6.89. The zero-order chi connectivity index (χ0) is 29.5. The summed E-state index contributed by atoms with van der Waals surface area (Å²) in [5.41, 5.74) is 3.84. The molecule has 1 amide bonds. The molecule has 3 aromatic carbocycles. The summed E-state index contributed by atoms with van der Waals surface area (Å²) >= 11 is 2.70. The van der Waals surface area contributed by atoms with Crippen LogP contribution in [-0.2, 0) is 4.79 Å². The average Bonchev–Trinajstić information content (AvgIpc) is 3.54. The van der Waals surface area contributed by atoms with Gasteiger partial charge in [0.25, 0.3) is 0 Å². The minimum absolute atomic E-state index is 0.132. The molecular formula is C34H24FN3O2S2. The fourth-order valence-electron chi connectivity index (χ4n) is 4.18. The molecule has 1 N–H and O–H groups in total. The van der Waals surface area contributed by atoms with Crippen molar-refractivity contribution in [2.45, 2.75) is 17.2 Å². The highest BCUT2D eigenvalue weighted by atomic mass is 32.2. The summed E-state index contributed by atoms with van der Waals surface area (Å²) < 4.78 is 14.1. The van der Waals surface area contributed by atoms with Crippen LogP contribution >= 0.6 is 23.1 Å². The van der Waals surface area contributed by atoms with Crippen LogP contribution in [0.3, 0.4) is 0 Å². The number of hydrogen-bond donors (Lipinski definition) is 1. The van der Waals surface area contributed by atoms with Gasteiger partial charge in [0.15, 0.2) is 5.78 Å². The number of carbonyl (C=O) groups is 2. The molecule has 42 heavy (non-hydrogen) atoms. The maximum atomic E-state index is 14.1. The van der Waals surface area contributed by atoms with E-state index in [4.69, 9.17) is 4.98 Å². The van der Waals surface area contributed by atoms with Gasteiger partial charge in [0, 0.05) is 27.3 Å². The second-order valence-corrected chi connectivity index (χ2v) is 11.6. The number of ketones is 1. The molecule has 8 heteroatoms. The van der Waals surface area contributed by atoms with Gasteiger partial charge >= 0.3 is 0 Å². The number of anilines is 1. The van der Waals surface area contributed by atoms with Gasteiger partial charge < -0.3 is 5.32 Å². The predicted molar refractivity (Wildman–Crippen MR) is 168 cm³/mol. The Labute approximate surface area is 251 Å². The van der Waals surface area contributed by atoms with E-state index in [0.29, 0.717) is 33.1 Å². The Kier molecular flexibility index (Phi) is 9.02. The number of amides is 1. The van der Waals surface area contributed by atoms with Crippen molar-refractivity contribution in [3.8, 4) is 28.5 Å². The molecule has 5 nitrogen and oxygen atoms in total. The lowest BCUT2D eigenvalue weighted by Gasteiger charge is -2.16. The molecule has 0 aliphatic carbocycles. The Balaban J connectivity index is 1.36. The van der Waals surface area contributed by atoms with Gasteiger partial charge in [-0.25, -0.2) is 9.37 Å². The van der Waals surface area contributed by atoms with Crippen LogP contribution in [0.2, 0.25) is 0 Å². The number of nitriles is 1. The van der Waals surface area contributed by atoms with Gasteiger partial charge in [0.1, 0.15) is 16.9 Å². The van der Waals surface area contributed by atoms with Crippen LogP contribution < -0.4 is 5.32 Å². The van der Waals surface area contributed by atoms with Crippen molar-refractivity contribution in [2.75, 3.05) is 5.32 Å². The fraction of sp³-hybridized carbons (Fsp3) is 0.0588. The fourth-order valence-corrected chi connectivity index (χ4v) is 5.72. The minimum Gasteiger partial charge on any atom is -0.325 e. The van der Waals surface area contributed by atoms with Gasteiger partial charge in [-0.2, -0.15) is 5.26 Å². The van der Waals surface area contributed by atoms with Crippen molar-refractivity contribution in [3.05, 3.63) is 130 Å². The number of thioether (sulfide) groups is 1. The van der Waals surface area contributed by atoms with Crippen LogP contribution in [0.15, 0.2) is 114 Å². The van der Waals surface area contributed by atoms with Gasteiger partial charge in [0.05, 0.1) is 16.5 Å². The standard InChI is InChI=1S/C34H24FN3O2S2/c1-22(33(40)37-27-14-12-24(13-15-27)32(39)17-16-28-11-6-18-41-28)42-34-30(21-36)29(25-9-5-10-26(35)19-25)20-31(38-34)23-7-3-2-4-8-23/h2-20,22H,1H3,(H,37,40)/b17-16+/t22-/m1/s1. The molecule has 2 aromatic heterocycles. The Morgan fingerprint density at radius 3 is 2.43 bits per heavy atom. The summed E-state index contributed by atoms with van der Waals surface area (Å²) in [6.07, 6.45) is 3.30. The topological polar surface area (TPSA) is 82.8 Å². The predicted octanol–water partition coefficient (Wildman–Crippen LogP) is 8.50. The number of rotatable bonds is 9. The Hall–Kier alpha value is -4.84. The van der Waals surface area contributed by atoms with Gasteiger partial charge in [-0.1, -0.05) is 60.3 Å². The number of halogens is 1. The van der Waals surface area contributed by atoms with Gasteiger partial charge in [0.2, 0.25) is 5.91 Å². The molecule has 5 rings (SSSR count). The quantitative estimate of drug-likeness (QED) is 0.106. The van der Waals surface area contributed by atoms with Crippen molar-refractivity contribution in [1.29, 1.82) is 5.26 Å². The molecule has 0 saturated carbocycles. The van der Waals surface area contributed by atoms with Gasteiger partial charge in [-0.3, -0.25) is 9.59 Å². The van der Waals surface area contributed by atoms with Crippen LogP contribution in [-0.4, -0.2) is 21.9 Å². The van der Waals surface area contributed by atoms with Crippen molar-refractivity contribution in [2.24, 2.45) is 0 Å². The highest BCUT2D eigenvalue weighted by Gasteiger charge is 2.22. The molecule has 1 atom stereocenters. The zero-order valence-corrected chi connectivity index (χ0v) is 24.1. The van der Waals surface area contributed by atoms with E-state index in [9.17, 15) is 19.2 Å². The van der Waals surface area contributed by atoms with E-state index in [0.717, 1.165) is 22.2 Å². The average molecular weight is 590 g/mol. The number of aromatic nitrogens is 1. The van der Waals surface area contributed by atoms with E-state index in [1.807, 2.05) is 47.8 Å². The first kappa shape index (κ1) is 28.7. The van der Waals surface area contributed by atoms with Crippen molar-refractivity contribution >= 4 is 46.6 Å². The SMILES string of the molecule is C[C@@H](Sc1nc(-c2ccccc2)cc(-c2cccc(F)c2)c1C#N)C(=O)Nc1ccc(C(=O)/C=C/c2cccs2)cc1. The van der Waals surface area contributed by atoms with Crippen molar-refractivity contribution < 1.29 is 14.0 Å². The second kappa shape index (κ2) is 13.2. The summed E-state index contributed by atoms with van der Waals surface area (Å²) in [6.45, 7) is 1.73. The molecule has 5 aromatic rings. The molecule has 206 valence electrons. The summed E-state index contributed by atoms with van der Waals surface area (Å²) in [4.78, 5) is 31.4. The highest BCUT2D eigenvalue weighted by Crippen LogP contribution is 2.36. The van der Waals surface area contributed by atoms with Crippen LogP contribution in [0.1, 0.15) is 27.7 Å². The largest absolute Gasteiger partial charge is 0.325 e. The smallest absolute Gasteiger partial charge is 0.237 e. The lowest BCUT2D eigenvalue weighted by molar-refractivity contribution is -0.115. The van der Waals surface area contributed by atoms with E-state index in [-0.39, 0.29) is 17.3 Å². The van der Waals surface area contributed by atoms with Gasteiger partial charge in [-0.05, 0) is 78.6 Å². The van der Waals surface area contributed by atoms with Crippen molar-refractivity contribution in [3.63, 3.8) is 0 Å². The number of benzene rings is 3. The first-order valence-corrected chi connectivity index (χ1v) is 14.8. The molecule has 0 spiro atoms. The molecule has 0 aliphatic rings. The molecule has 0 saturated heterocycles. The zero-order valence-electron chi connectivity index (χ0n) is 22.5. The molecule has 0 fully saturated rings. The van der Waals surface area contributed by atoms with Crippen LogP contribution in [0.5, 0.6) is 0 Å². The van der Waals surface area contributed by atoms with E-state index in [1.165, 1.54) is 18.2 Å². The van der Waals surface area contributed by atoms with Crippen LogP contribution in [0.25, 0.3) is 28.5 Å². The number of pyridine rings is 1. The Bertz CT molecular complexity index is 1800. The number of hydrogen-bond acceptors (Lipinski definition) is 6. The van der Waals surface area contributed by atoms with Gasteiger partial charge in [-0.15, -0.1) is 11.3 Å². The Morgan fingerprint density at radius 1 is 0.976 bits per heavy atom. The maximum Gasteiger partial charge on any atom is 0.237 e. The number of nitrogens with zero attached hydrogens (tertiary/aromatic N) is 2. The monoisotopic (exact) mass is 589 g/mol. The number of carbonyl (C=O) groups excluding carboxylic acids is 2. The lowest BCUT2D eigenvalue weighted by atomic mass is 9.99. The summed E-state index contributed by atoms with van der Waals surface area (Å²) in [7, 11) is 0. The Morgan fingerprint density at radius 2 is 1.74 bits per heavy atom. The van der Waals surface area contributed by atoms with Crippen molar-refractivity contribution in [1.82, 2.24) is 4.98 Å². The first-order valence-electron chi connectivity index (χ1n) is 13.0. The van der Waals surface area contributed by atoms with Crippen LogP contribution in [0, 0.1) is 17.1 Å². The van der Waals surface area contributed by atoms with Crippen LogP contribution in [0.4, 0.5) is 10.1 Å². The third-order valence-corrected chi connectivity index (χ3v) is 8.26. The maximum absolute atomic E-state index is 14.1. The number of nitrogens with one attached hydrogen (secondary N) is 1. The van der Waals surface area contributed by atoms with E-state index in [1.54, 1.807) is 66.8 Å². The number of allylic oxidation sites excluding steroid dienone is 1. The molecular weight excluding hydrogens is 566 g/mol. The third-order valence-electron chi connectivity index (χ3n) is 6.34. The second-order valence-electron chi connectivity index (χ2n) is 9.26. The molecule has 0 radical (unpaired) electrons. The molecule has 0 aliphatic heterocycles. The van der Waals surface area contributed by atoms with E-state index >= 15 is 0 Å². The minimum atomic E-state index is -0.619. The summed E-state index contributed by atoms with van der Waals surface area (Å²) in [5, 5.41) is 14.7. The molecule has 2 heterocycles. The van der Waals surface area contributed by atoms with E-state index in [2.05, 4.69) is 11.4 Å². The summed E-state index contributed by atoms with van der Waals surface area (Å²) in [6, 6.07) is 30.1. The normalized spacial score (nSPS) is 11.6. The highest BCUT2D eigenvalue weighted by molar-refractivity contribution is 8.00. The first-order chi connectivity index (χ1) is 20.4. The number of thiophene rings is 1.